The van der Waals surface area contributed by atoms with Crippen molar-refractivity contribution in [2.75, 3.05) is 51.7 Å². The summed E-state index contributed by atoms with van der Waals surface area (Å²) in [6.45, 7) is 5.57. The fraction of sp³-hybridized carbons (Fsp3) is 0.571. The molecule has 100 valence electrons. The van der Waals surface area contributed by atoms with E-state index in [9.17, 15) is 0 Å². The third-order valence-corrected chi connectivity index (χ3v) is 3.82. The minimum absolute atomic E-state index is 0.885. The molecule has 0 saturated carbocycles. The number of benzene rings is 1. The summed E-state index contributed by atoms with van der Waals surface area (Å²) in [6.07, 6.45) is 1.02. The van der Waals surface area contributed by atoms with E-state index in [4.69, 9.17) is 11.6 Å². The van der Waals surface area contributed by atoms with Crippen molar-refractivity contribution in [2.45, 2.75) is 6.42 Å². The van der Waals surface area contributed by atoms with Crippen molar-refractivity contribution in [2.24, 2.45) is 0 Å². The Hall–Kier alpha value is -0.770. The third kappa shape index (κ3) is 3.37. The first-order valence-corrected chi connectivity index (χ1v) is 6.94. The fourth-order valence-electron chi connectivity index (χ4n) is 2.42. The number of nitrogens with zero attached hydrogens (tertiary/aromatic N) is 2. The lowest BCUT2D eigenvalue weighted by atomic mass is 10.1. The minimum Gasteiger partial charge on any atom is -0.377 e. The molecule has 1 saturated heterocycles. The predicted molar refractivity (Wildman–Crippen MR) is 78.8 cm³/mol. The average molecular weight is 268 g/mol. The summed E-state index contributed by atoms with van der Waals surface area (Å²) in [5.74, 6) is 0. The standard InChI is InChI=1S/C14H22ClN3/c1-17(2)14-5-3-4-13(15)12(14)6-9-18-10-7-16-8-11-18/h3-5,16H,6-11H2,1-2H3. The summed E-state index contributed by atoms with van der Waals surface area (Å²) < 4.78 is 0. The Morgan fingerprint density at radius 1 is 1.28 bits per heavy atom. The molecule has 18 heavy (non-hydrogen) atoms. The van der Waals surface area contributed by atoms with Crippen LogP contribution in [0.5, 0.6) is 0 Å². The van der Waals surface area contributed by atoms with Crippen LogP contribution in [0.3, 0.4) is 0 Å². The molecule has 1 fully saturated rings. The van der Waals surface area contributed by atoms with Crippen LogP contribution in [0.25, 0.3) is 0 Å². The van der Waals surface area contributed by atoms with Crippen LogP contribution in [0.1, 0.15) is 5.56 Å². The van der Waals surface area contributed by atoms with E-state index in [-0.39, 0.29) is 0 Å². The van der Waals surface area contributed by atoms with E-state index in [0.717, 1.165) is 44.2 Å². The van der Waals surface area contributed by atoms with Gasteiger partial charge in [-0.15, -0.1) is 0 Å². The lowest BCUT2D eigenvalue weighted by Crippen LogP contribution is -2.44. The van der Waals surface area contributed by atoms with Crippen LogP contribution >= 0.6 is 11.6 Å². The molecular formula is C14H22ClN3. The van der Waals surface area contributed by atoms with E-state index in [1.807, 2.05) is 12.1 Å². The van der Waals surface area contributed by atoms with Crippen LogP contribution in [0.4, 0.5) is 5.69 Å². The second-order valence-corrected chi connectivity index (χ2v) is 5.38. The largest absolute Gasteiger partial charge is 0.377 e. The molecule has 0 aliphatic carbocycles. The molecule has 0 unspecified atom stereocenters. The predicted octanol–water partition coefficient (Wildman–Crippen LogP) is 1.85. The lowest BCUT2D eigenvalue weighted by molar-refractivity contribution is 0.244. The number of hydrogen-bond donors (Lipinski definition) is 1. The van der Waals surface area contributed by atoms with Crippen LogP contribution in [0, 0.1) is 0 Å². The molecule has 0 amide bonds. The van der Waals surface area contributed by atoms with Crippen LogP contribution in [0.15, 0.2) is 18.2 Å². The van der Waals surface area contributed by atoms with Gasteiger partial charge in [0.05, 0.1) is 0 Å². The van der Waals surface area contributed by atoms with Crippen molar-refractivity contribution in [3.8, 4) is 0 Å². The average Bonchev–Trinajstić information content (AvgIpc) is 2.38. The summed E-state index contributed by atoms with van der Waals surface area (Å²) >= 11 is 6.33. The van der Waals surface area contributed by atoms with E-state index in [2.05, 4.69) is 35.3 Å². The van der Waals surface area contributed by atoms with Gasteiger partial charge in [0, 0.05) is 57.5 Å². The molecule has 1 aromatic carbocycles. The van der Waals surface area contributed by atoms with Crippen LogP contribution in [0.2, 0.25) is 5.02 Å². The quantitative estimate of drug-likeness (QED) is 0.898. The van der Waals surface area contributed by atoms with Gasteiger partial charge in [-0.2, -0.15) is 0 Å². The molecule has 0 aromatic heterocycles. The van der Waals surface area contributed by atoms with Crippen LogP contribution in [-0.4, -0.2) is 51.7 Å². The Morgan fingerprint density at radius 2 is 2.00 bits per heavy atom. The summed E-state index contributed by atoms with van der Waals surface area (Å²) in [5, 5.41) is 4.26. The fourth-order valence-corrected chi connectivity index (χ4v) is 2.68. The van der Waals surface area contributed by atoms with Gasteiger partial charge in [0.25, 0.3) is 0 Å². The molecular weight excluding hydrogens is 246 g/mol. The van der Waals surface area contributed by atoms with Crippen molar-refractivity contribution < 1.29 is 0 Å². The van der Waals surface area contributed by atoms with E-state index in [1.54, 1.807) is 0 Å². The van der Waals surface area contributed by atoms with Crippen molar-refractivity contribution >= 4 is 17.3 Å². The maximum atomic E-state index is 6.33. The van der Waals surface area contributed by atoms with Gasteiger partial charge in [0.1, 0.15) is 0 Å². The summed E-state index contributed by atoms with van der Waals surface area (Å²) in [4.78, 5) is 4.64. The van der Waals surface area contributed by atoms with Crippen LogP contribution < -0.4 is 10.2 Å². The first-order valence-electron chi connectivity index (χ1n) is 6.56. The molecule has 0 bridgehead atoms. The molecule has 1 N–H and O–H groups in total. The van der Waals surface area contributed by atoms with Gasteiger partial charge in [0.2, 0.25) is 0 Å². The zero-order chi connectivity index (χ0) is 13.0. The van der Waals surface area contributed by atoms with Crippen molar-refractivity contribution in [1.82, 2.24) is 10.2 Å². The zero-order valence-corrected chi connectivity index (χ0v) is 12.0. The molecule has 2 rings (SSSR count). The van der Waals surface area contributed by atoms with E-state index >= 15 is 0 Å². The molecule has 4 heteroatoms. The number of anilines is 1. The molecule has 1 aliphatic heterocycles. The van der Waals surface area contributed by atoms with Gasteiger partial charge in [-0.25, -0.2) is 0 Å². The maximum Gasteiger partial charge on any atom is 0.0459 e. The van der Waals surface area contributed by atoms with Gasteiger partial charge in [-0.05, 0) is 24.1 Å². The lowest BCUT2D eigenvalue weighted by Gasteiger charge is -2.28. The molecule has 0 atom stereocenters. The SMILES string of the molecule is CN(C)c1cccc(Cl)c1CCN1CCNCC1. The highest BCUT2D eigenvalue weighted by molar-refractivity contribution is 6.31. The summed E-state index contributed by atoms with van der Waals surface area (Å²) in [6, 6.07) is 6.15. The highest BCUT2D eigenvalue weighted by Crippen LogP contribution is 2.26. The van der Waals surface area contributed by atoms with E-state index < -0.39 is 0 Å². The van der Waals surface area contributed by atoms with Crippen molar-refractivity contribution in [1.29, 1.82) is 0 Å². The highest BCUT2D eigenvalue weighted by Gasteiger charge is 2.13. The van der Waals surface area contributed by atoms with Gasteiger partial charge in [-0.3, -0.25) is 0 Å². The van der Waals surface area contributed by atoms with Crippen molar-refractivity contribution in [3.05, 3.63) is 28.8 Å². The molecule has 1 aliphatic rings. The number of piperazine rings is 1. The number of nitrogens with one attached hydrogen (secondary N) is 1. The number of rotatable bonds is 4. The molecule has 1 heterocycles. The molecule has 0 spiro atoms. The first kappa shape index (κ1) is 13.7. The number of hydrogen-bond acceptors (Lipinski definition) is 3. The Morgan fingerprint density at radius 3 is 2.67 bits per heavy atom. The third-order valence-electron chi connectivity index (χ3n) is 3.46. The molecule has 3 nitrogen and oxygen atoms in total. The monoisotopic (exact) mass is 267 g/mol. The second kappa shape index (κ2) is 6.41. The maximum absolute atomic E-state index is 6.33. The second-order valence-electron chi connectivity index (χ2n) is 4.97. The molecule has 1 aromatic rings. The van der Waals surface area contributed by atoms with Crippen LogP contribution in [-0.2, 0) is 6.42 Å². The normalized spacial score (nSPS) is 16.8. The topological polar surface area (TPSA) is 18.5 Å². The molecule has 0 radical (unpaired) electrons. The Balaban J connectivity index is 2.03. The highest BCUT2D eigenvalue weighted by atomic mass is 35.5. The summed E-state index contributed by atoms with van der Waals surface area (Å²) in [5.41, 5.74) is 2.50. The Labute approximate surface area is 115 Å². The van der Waals surface area contributed by atoms with Gasteiger partial charge in [0.15, 0.2) is 0 Å². The van der Waals surface area contributed by atoms with Crippen molar-refractivity contribution in [3.63, 3.8) is 0 Å². The Bertz CT molecular complexity index is 387. The minimum atomic E-state index is 0.885. The number of halogens is 1. The Kier molecular flexibility index (Phi) is 4.87. The van der Waals surface area contributed by atoms with Gasteiger partial charge < -0.3 is 15.1 Å². The first-order chi connectivity index (χ1) is 8.68. The zero-order valence-electron chi connectivity index (χ0n) is 11.2. The smallest absolute Gasteiger partial charge is 0.0459 e. The summed E-state index contributed by atoms with van der Waals surface area (Å²) in [7, 11) is 4.14. The van der Waals surface area contributed by atoms with Gasteiger partial charge >= 0.3 is 0 Å². The van der Waals surface area contributed by atoms with Gasteiger partial charge in [-0.1, -0.05) is 17.7 Å². The van der Waals surface area contributed by atoms with E-state index in [0.29, 0.717) is 0 Å². The van der Waals surface area contributed by atoms with E-state index in [1.165, 1.54) is 11.3 Å².